The highest BCUT2D eigenvalue weighted by atomic mass is 16.3. The molecule has 2 bridgehead atoms. The van der Waals surface area contributed by atoms with E-state index in [9.17, 15) is 0 Å². The van der Waals surface area contributed by atoms with Crippen molar-refractivity contribution in [2.75, 3.05) is 19.6 Å². The number of hydrogen-bond acceptors (Lipinski definition) is 4. The highest BCUT2D eigenvalue weighted by Gasteiger charge is 2.44. The predicted molar refractivity (Wildman–Crippen MR) is 152 cm³/mol. The Hall–Kier alpha value is -2.89. The van der Waals surface area contributed by atoms with Crippen molar-refractivity contribution in [1.82, 2.24) is 19.4 Å². The molecule has 2 aromatic carbocycles. The van der Waals surface area contributed by atoms with Gasteiger partial charge >= 0.3 is 0 Å². The van der Waals surface area contributed by atoms with Crippen molar-refractivity contribution in [3.8, 4) is 0 Å². The summed E-state index contributed by atoms with van der Waals surface area (Å²) in [6.45, 7) is 6.61. The van der Waals surface area contributed by atoms with Crippen molar-refractivity contribution >= 4 is 11.0 Å². The summed E-state index contributed by atoms with van der Waals surface area (Å²) in [5.41, 5.74) is 4.27. The minimum absolute atomic E-state index is 0.272. The second kappa shape index (κ2) is 10.0. The zero-order chi connectivity index (χ0) is 25.5. The fourth-order valence-electron chi connectivity index (χ4n) is 8.03. The topological polar surface area (TPSA) is 37.4 Å². The third kappa shape index (κ3) is 4.40. The van der Waals surface area contributed by atoms with E-state index in [-0.39, 0.29) is 5.41 Å². The van der Waals surface area contributed by atoms with Gasteiger partial charge in [-0.2, -0.15) is 0 Å². The van der Waals surface area contributed by atoms with Crippen LogP contribution in [0.5, 0.6) is 0 Å². The van der Waals surface area contributed by atoms with Crippen molar-refractivity contribution in [3.05, 3.63) is 90.1 Å². The lowest BCUT2D eigenvalue weighted by atomic mass is 9.70. The van der Waals surface area contributed by atoms with Gasteiger partial charge in [-0.1, -0.05) is 42.5 Å². The number of nitrogens with zero attached hydrogens (tertiary/aromatic N) is 4. The number of hydrogen-bond donors (Lipinski definition) is 0. The molecule has 5 heteroatoms. The Morgan fingerprint density at radius 2 is 1.61 bits per heavy atom. The number of aryl methyl sites for hydroxylation is 1. The molecule has 1 unspecified atom stereocenters. The monoisotopic (exact) mass is 508 g/mol. The number of para-hydroxylation sites is 2. The lowest BCUT2D eigenvalue weighted by Gasteiger charge is -2.45. The largest absolute Gasteiger partial charge is 0.468 e. The first-order valence-electron chi connectivity index (χ1n) is 14.7. The number of aromatic nitrogens is 2. The first kappa shape index (κ1) is 24.2. The third-order valence-corrected chi connectivity index (χ3v) is 10.0. The maximum absolute atomic E-state index is 5.64. The van der Waals surface area contributed by atoms with Gasteiger partial charge in [-0.15, -0.1) is 0 Å². The molecule has 0 saturated carbocycles. The van der Waals surface area contributed by atoms with Gasteiger partial charge in [0.05, 0.1) is 23.8 Å². The number of likely N-dealkylation sites (tertiary alicyclic amines) is 1. The van der Waals surface area contributed by atoms with Crippen LogP contribution in [-0.4, -0.2) is 51.1 Å². The molecule has 5 heterocycles. The molecule has 3 saturated heterocycles. The van der Waals surface area contributed by atoms with E-state index in [0.717, 1.165) is 30.9 Å². The van der Waals surface area contributed by atoms with Crippen LogP contribution >= 0.6 is 0 Å². The molecule has 3 fully saturated rings. The molecule has 38 heavy (non-hydrogen) atoms. The van der Waals surface area contributed by atoms with Gasteiger partial charge in [0.1, 0.15) is 11.6 Å². The minimum Gasteiger partial charge on any atom is -0.468 e. The molecular formula is C33H40N4O. The van der Waals surface area contributed by atoms with E-state index >= 15 is 0 Å². The van der Waals surface area contributed by atoms with Gasteiger partial charge in [-0.05, 0) is 107 Å². The van der Waals surface area contributed by atoms with Gasteiger partial charge < -0.3 is 8.98 Å². The van der Waals surface area contributed by atoms with Crippen LogP contribution in [0, 0.1) is 6.92 Å². The Morgan fingerprint density at radius 3 is 2.34 bits per heavy atom. The summed E-state index contributed by atoms with van der Waals surface area (Å²) < 4.78 is 8.20. The Morgan fingerprint density at radius 1 is 0.868 bits per heavy atom. The van der Waals surface area contributed by atoms with Gasteiger partial charge in [0.15, 0.2) is 0 Å². The first-order valence-corrected chi connectivity index (χ1v) is 14.7. The quantitative estimate of drug-likeness (QED) is 0.277. The highest BCUT2D eigenvalue weighted by molar-refractivity contribution is 5.76. The molecule has 3 atom stereocenters. The van der Waals surface area contributed by atoms with E-state index in [1.165, 1.54) is 62.8 Å². The fourth-order valence-corrected chi connectivity index (χ4v) is 8.03. The number of rotatable bonds is 7. The zero-order valence-corrected chi connectivity index (χ0v) is 22.6. The Labute approximate surface area is 226 Å². The van der Waals surface area contributed by atoms with Crippen LogP contribution in [0.15, 0.2) is 77.4 Å². The van der Waals surface area contributed by atoms with Crippen LogP contribution in [0.3, 0.4) is 0 Å². The van der Waals surface area contributed by atoms with Crippen LogP contribution in [0.25, 0.3) is 11.0 Å². The van der Waals surface area contributed by atoms with E-state index in [2.05, 4.69) is 82.0 Å². The standard InChI is InChI=1S/C33H40N4O/c1-25-34-31-11-5-6-12-32(31)37(25)29-22-27-13-14-28(23-29)36(27)20-17-33(26-8-3-2-4-9-26)15-18-35(19-16-33)24-30-10-7-21-38-30/h2-12,21,27-29H,13-20,22-24H2,1H3/t27-,28+,29?. The molecule has 5 nitrogen and oxygen atoms in total. The van der Waals surface area contributed by atoms with Gasteiger partial charge in [-0.25, -0.2) is 4.98 Å². The molecule has 3 aliphatic rings. The van der Waals surface area contributed by atoms with E-state index in [0.29, 0.717) is 18.1 Å². The predicted octanol–water partition coefficient (Wildman–Crippen LogP) is 6.73. The SMILES string of the molecule is Cc1nc2ccccc2n1C1C[C@H]2CC[C@@H](C1)N2CCC1(c2ccccc2)CCN(Cc2ccco2)CC1. The Kier molecular flexibility index (Phi) is 6.37. The van der Waals surface area contributed by atoms with Crippen LogP contribution < -0.4 is 0 Å². The van der Waals surface area contributed by atoms with E-state index in [1.807, 2.05) is 6.07 Å². The van der Waals surface area contributed by atoms with E-state index < -0.39 is 0 Å². The van der Waals surface area contributed by atoms with Crippen LogP contribution in [0.1, 0.15) is 68.1 Å². The Balaban J connectivity index is 1.06. The normalized spacial score (nSPS) is 25.8. The number of furan rings is 1. The molecule has 0 radical (unpaired) electrons. The van der Waals surface area contributed by atoms with Gasteiger partial charge in [-0.3, -0.25) is 9.80 Å². The van der Waals surface area contributed by atoms with Gasteiger partial charge in [0.2, 0.25) is 0 Å². The average molecular weight is 509 g/mol. The van der Waals surface area contributed by atoms with Gasteiger partial charge in [0, 0.05) is 18.1 Å². The fraction of sp³-hybridized carbons (Fsp3) is 0.485. The van der Waals surface area contributed by atoms with Crippen LogP contribution in [0.2, 0.25) is 0 Å². The lowest BCUT2D eigenvalue weighted by molar-refractivity contribution is 0.0799. The maximum atomic E-state index is 5.64. The summed E-state index contributed by atoms with van der Waals surface area (Å²) in [6, 6.07) is 26.2. The summed E-state index contributed by atoms with van der Waals surface area (Å²) >= 11 is 0. The van der Waals surface area contributed by atoms with Crippen molar-refractivity contribution in [1.29, 1.82) is 0 Å². The molecule has 0 N–H and O–H groups in total. The summed E-state index contributed by atoms with van der Waals surface area (Å²) in [4.78, 5) is 10.4. The lowest BCUT2D eigenvalue weighted by Crippen LogP contribution is -2.48. The summed E-state index contributed by atoms with van der Waals surface area (Å²) in [5, 5.41) is 0. The second-order valence-electron chi connectivity index (χ2n) is 12.0. The number of imidazole rings is 1. The molecular weight excluding hydrogens is 468 g/mol. The Bertz CT molecular complexity index is 1340. The summed E-state index contributed by atoms with van der Waals surface area (Å²) in [7, 11) is 0. The molecule has 7 rings (SSSR count). The van der Waals surface area contributed by atoms with E-state index in [1.54, 1.807) is 11.8 Å². The summed E-state index contributed by atoms with van der Waals surface area (Å²) in [6.07, 6.45) is 10.7. The van der Waals surface area contributed by atoms with Gasteiger partial charge in [0.25, 0.3) is 0 Å². The third-order valence-electron chi connectivity index (χ3n) is 10.0. The molecule has 3 aliphatic heterocycles. The smallest absolute Gasteiger partial charge is 0.117 e. The molecule has 198 valence electrons. The summed E-state index contributed by atoms with van der Waals surface area (Å²) in [5.74, 6) is 2.26. The van der Waals surface area contributed by atoms with Crippen molar-refractivity contribution in [2.45, 2.75) is 82.0 Å². The second-order valence-corrected chi connectivity index (χ2v) is 12.0. The van der Waals surface area contributed by atoms with Crippen LogP contribution in [0.4, 0.5) is 0 Å². The molecule has 2 aromatic heterocycles. The van der Waals surface area contributed by atoms with E-state index in [4.69, 9.17) is 9.40 Å². The molecule has 4 aromatic rings. The molecule has 0 aliphatic carbocycles. The maximum Gasteiger partial charge on any atom is 0.117 e. The molecule has 0 spiro atoms. The average Bonchev–Trinajstić information content (AvgIpc) is 3.64. The van der Waals surface area contributed by atoms with Crippen molar-refractivity contribution in [3.63, 3.8) is 0 Å². The molecule has 0 amide bonds. The number of piperidine rings is 2. The number of fused-ring (bicyclic) bond motifs is 3. The minimum atomic E-state index is 0.272. The van der Waals surface area contributed by atoms with Crippen molar-refractivity contribution < 1.29 is 4.42 Å². The highest BCUT2D eigenvalue weighted by Crippen LogP contribution is 2.45. The first-order chi connectivity index (χ1) is 18.7. The number of benzene rings is 2. The zero-order valence-electron chi connectivity index (χ0n) is 22.6. The van der Waals surface area contributed by atoms with Crippen LogP contribution in [-0.2, 0) is 12.0 Å². The van der Waals surface area contributed by atoms with Crippen molar-refractivity contribution in [2.24, 2.45) is 0 Å².